The van der Waals surface area contributed by atoms with Crippen LogP contribution >= 0.6 is 0 Å². The molecule has 20 heavy (non-hydrogen) atoms. The summed E-state index contributed by atoms with van der Waals surface area (Å²) in [5.74, 6) is -0.975. The first-order valence-electron chi connectivity index (χ1n) is 6.02. The number of hydrogen-bond donors (Lipinski definition) is 2. The highest BCUT2D eigenvalue weighted by molar-refractivity contribution is 7.84. The van der Waals surface area contributed by atoms with E-state index in [0.717, 1.165) is 16.1 Å². The molecule has 0 saturated heterocycles. The van der Waals surface area contributed by atoms with E-state index in [-0.39, 0.29) is 5.56 Å². The molecule has 4 nitrogen and oxygen atoms in total. The Labute approximate surface area is 119 Å². The topological polar surface area (TPSA) is 66.4 Å². The number of hydrogen-bond acceptors (Lipinski definition) is 3. The fourth-order valence-electron chi connectivity index (χ4n) is 1.88. The van der Waals surface area contributed by atoms with Crippen LogP contribution in [0, 0.1) is 6.92 Å². The summed E-state index contributed by atoms with van der Waals surface area (Å²) in [6, 6.07) is 12.1. The van der Waals surface area contributed by atoms with Gasteiger partial charge < -0.3 is 10.4 Å². The Morgan fingerprint density at radius 1 is 1.15 bits per heavy atom. The molecule has 0 amide bonds. The number of carbonyl (C=O) groups is 1. The summed E-state index contributed by atoms with van der Waals surface area (Å²) in [5, 5.41) is 12.3. The van der Waals surface area contributed by atoms with E-state index >= 15 is 0 Å². The van der Waals surface area contributed by atoms with E-state index in [9.17, 15) is 9.00 Å². The van der Waals surface area contributed by atoms with E-state index in [4.69, 9.17) is 5.11 Å². The predicted molar refractivity (Wildman–Crippen MR) is 80.2 cm³/mol. The number of nitrogens with one attached hydrogen (secondary N) is 1. The Bertz CT molecular complexity index is 683. The molecule has 0 bridgehead atoms. The highest BCUT2D eigenvalue weighted by Gasteiger charge is 2.10. The van der Waals surface area contributed by atoms with Crippen molar-refractivity contribution < 1.29 is 14.1 Å². The molecule has 5 heteroatoms. The summed E-state index contributed by atoms with van der Waals surface area (Å²) in [7, 11) is -1.03. The van der Waals surface area contributed by atoms with Crippen molar-refractivity contribution in [1.82, 2.24) is 0 Å². The van der Waals surface area contributed by atoms with E-state index in [1.165, 1.54) is 0 Å². The SMILES string of the molecule is Cc1cc(S(C)=O)ccc1Nc1ccccc1C(=O)O. The van der Waals surface area contributed by atoms with Crippen molar-refractivity contribution in [2.45, 2.75) is 11.8 Å². The molecule has 1 atom stereocenters. The molecule has 104 valence electrons. The maximum atomic E-state index is 11.4. The first-order chi connectivity index (χ1) is 9.49. The van der Waals surface area contributed by atoms with Gasteiger partial charge in [0.2, 0.25) is 0 Å². The van der Waals surface area contributed by atoms with E-state index in [1.807, 2.05) is 19.1 Å². The van der Waals surface area contributed by atoms with Crippen LogP contribution in [0.4, 0.5) is 11.4 Å². The number of carboxylic acid groups (broad SMARTS) is 1. The quantitative estimate of drug-likeness (QED) is 0.907. The van der Waals surface area contributed by atoms with Crippen molar-refractivity contribution in [2.24, 2.45) is 0 Å². The summed E-state index contributed by atoms with van der Waals surface area (Å²) < 4.78 is 11.4. The summed E-state index contributed by atoms with van der Waals surface area (Å²) >= 11 is 0. The zero-order valence-corrected chi connectivity index (χ0v) is 12.0. The van der Waals surface area contributed by atoms with Crippen LogP contribution in [0.2, 0.25) is 0 Å². The smallest absolute Gasteiger partial charge is 0.337 e. The molecule has 0 aromatic heterocycles. The Morgan fingerprint density at radius 3 is 2.45 bits per heavy atom. The molecule has 0 heterocycles. The normalized spacial score (nSPS) is 11.9. The number of aryl methyl sites for hydroxylation is 1. The van der Waals surface area contributed by atoms with Crippen molar-refractivity contribution in [2.75, 3.05) is 11.6 Å². The fraction of sp³-hybridized carbons (Fsp3) is 0.133. The second kappa shape index (κ2) is 5.88. The maximum Gasteiger partial charge on any atom is 0.337 e. The minimum atomic E-state index is -1.03. The average molecular weight is 289 g/mol. The molecule has 2 aromatic rings. The number of rotatable bonds is 4. The monoisotopic (exact) mass is 289 g/mol. The van der Waals surface area contributed by atoms with Crippen LogP contribution in [-0.2, 0) is 10.8 Å². The summed E-state index contributed by atoms with van der Waals surface area (Å²) in [4.78, 5) is 11.9. The van der Waals surface area contributed by atoms with Crippen molar-refractivity contribution in [3.8, 4) is 0 Å². The van der Waals surface area contributed by atoms with Gasteiger partial charge in [-0.1, -0.05) is 12.1 Å². The number of benzene rings is 2. The number of aromatic carboxylic acids is 1. The third kappa shape index (κ3) is 3.05. The minimum absolute atomic E-state index is 0.218. The molecular formula is C15H15NO3S. The lowest BCUT2D eigenvalue weighted by Gasteiger charge is -2.12. The molecule has 0 fully saturated rings. The predicted octanol–water partition coefficient (Wildman–Crippen LogP) is 3.17. The number of para-hydroxylation sites is 1. The molecule has 2 aromatic carbocycles. The lowest BCUT2D eigenvalue weighted by Crippen LogP contribution is -2.03. The van der Waals surface area contributed by atoms with Gasteiger partial charge in [-0.05, 0) is 42.8 Å². The second-order valence-electron chi connectivity index (χ2n) is 4.41. The van der Waals surface area contributed by atoms with Gasteiger partial charge in [0.15, 0.2) is 0 Å². The van der Waals surface area contributed by atoms with Crippen LogP contribution in [0.5, 0.6) is 0 Å². The third-order valence-corrected chi connectivity index (χ3v) is 3.87. The molecule has 2 N–H and O–H groups in total. The first kappa shape index (κ1) is 14.3. The minimum Gasteiger partial charge on any atom is -0.478 e. The van der Waals surface area contributed by atoms with Crippen LogP contribution in [0.25, 0.3) is 0 Å². The molecule has 0 aliphatic rings. The summed E-state index contributed by atoms with van der Waals surface area (Å²) in [5.41, 5.74) is 2.47. The van der Waals surface area contributed by atoms with Gasteiger partial charge >= 0.3 is 5.97 Å². The molecule has 1 unspecified atom stereocenters. The van der Waals surface area contributed by atoms with Crippen LogP contribution in [-0.4, -0.2) is 21.5 Å². The molecule has 0 aliphatic carbocycles. The van der Waals surface area contributed by atoms with Gasteiger partial charge in [-0.15, -0.1) is 0 Å². The summed E-state index contributed by atoms with van der Waals surface area (Å²) in [6.07, 6.45) is 1.63. The van der Waals surface area contributed by atoms with Gasteiger partial charge in [-0.2, -0.15) is 0 Å². The van der Waals surface area contributed by atoms with Gasteiger partial charge in [-0.25, -0.2) is 4.79 Å². The van der Waals surface area contributed by atoms with E-state index in [1.54, 1.807) is 36.6 Å². The second-order valence-corrected chi connectivity index (χ2v) is 5.79. The fourth-order valence-corrected chi connectivity index (χ4v) is 2.48. The highest BCUT2D eigenvalue weighted by atomic mass is 32.2. The zero-order valence-electron chi connectivity index (χ0n) is 11.2. The van der Waals surface area contributed by atoms with Gasteiger partial charge in [0.25, 0.3) is 0 Å². The molecular weight excluding hydrogens is 274 g/mol. The highest BCUT2D eigenvalue weighted by Crippen LogP contribution is 2.25. The number of carboxylic acids is 1. The molecule has 2 rings (SSSR count). The van der Waals surface area contributed by atoms with E-state index in [0.29, 0.717) is 5.69 Å². The van der Waals surface area contributed by atoms with Crippen molar-refractivity contribution >= 4 is 28.1 Å². The van der Waals surface area contributed by atoms with Crippen molar-refractivity contribution in [3.05, 3.63) is 53.6 Å². The zero-order chi connectivity index (χ0) is 14.7. The molecule has 0 radical (unpaired) electrons. The van der Waals surface area contributed by atoms with Gasteiger partial charge in [-0.3, -0.25) is 4.21 Å². The van der Waals surface area contributed by atoms with Gasteiger partial charge in [0.1, 0.15) is 0 Å². The molecule has 0 aliphatic heterocycles. The number of anilines is 2. The largest absolute Gasteiger partial charge is 0.478 e. The standard InChI is InChI=1S/C15H15NO3S/c1-10-9-11(20(2)19)7-8-13(10)16-14-6-4-3-5-12(14)15(17)18/h3-9,16H,1-2H3,(H,17,18). The molecule has 0 spiro atoms. The Hall–Kier alpha value is -2.14. The Kier molecular flexibility index (Phi) is 4.20. The Balaban J connectivity index is 2.36. The van der Waals surface area contributed by atoms with Crippen LogP contribution in [0.15, 0.2) is 47.4 Å². The van der Waals surface area contributed by atoms with Gasteiger partial charge in [0, 0.05) is 27.6 Å². The lowest BCUT2D eigenvalue weighted by atomic mass is 10.1. The van der Waals surface area contributed by atoms with Crippen molar-refractivity contribution in [3.63, 3.8) is 0 Å². The Morgan fingerprint density at radius 2 is 1.85 bits per heavy atom. The van der Waals surface area contributed by atoms with Gasteiger partial charge in [0.05, 0.1) is 11.3 Å². The third-order valence-electron chi connectivity index (χ3n) is 2.96. The van der Waals surface area contributed by atoms with E-state index in [2.05, 4.69) is 5.32 Å². The van der Waals surface area contributed by atoms with Crippen LogP contribution < -0.4 is 5.32 Å². The summed E-state index contributed by atoms with van der Waals surface area (Å²) in [6.45, 7) is 1.89. The average Bonchev–Trinajstić information content (AvgIpc) is 2.41. The first-order valence-corrected chi connectivity index (χ1v) is 7.58. The van der Waals surface area contributed by atoms with Crippen LogP contribution in [0.3, 0.4) is 0 Å². The molecule has 0 saturated carbocycles. The van der Waals surface area contributed by atoms with Crippen LogP contribution in [0.1, 0.15) is 15.9 Å². The maximum absolute atomic E-state index is 11.4. The van der Waals surface area contributed by atoms with Crippen molar-refractivity contribution in [1.29, 1.82) is 0 Å². The van der Waals surface area contributed by atoms with E-state index < -0.39 is 16.8 Å². The lowest BCUT2D eigenvalue weighted by molar-refractivity contribution is 0.0698.